The molecule has 0 amide bonds. The first-order valence-corrected chi connectivity index (χ1v) is 7.60. The van der Waals surface area contributed by atoms with Crippen LogP contribution in [0.1, 0.15) is 34.9 Å². The number of halogens is 1. The maximum Gasteiger partial charge on any atom is 0.170 e. The van der Waals surface area contributed by atoms with Gasteiger partial charge in [0.1, 0.15) is 17.7 Å². The van der Waals surface area contributed by atoms with Gasteiger partial charge in [-0.3, -0.25) is 4.79 Å². The average Bonchev–Trinajstić information content (AvgIpc) is 2.80. The van der Waals surface area contributed by atoms with E-state index >= 15 is 0 Å². The molecule has 4 rings (SSSR count). The van der Waals surface area contributed by atoms with Crippen LogP contribution in [0.5, 0.6) is 17.2 Å². The van der Waals surface area contributed by atoms with Crippen molar-refractivity contribution in [3.63, 3.8) is 0 Å². The van der Waals surface area contributed by atoms with Crippen LogP contribution in [0.25, 0.3) is 0 Å². The molecule has 0 saturated carbocycles. The Morgan fingerprint density at radius 1 is 0.957 bits per heavy atom. The zero-order chi connectivity index (χ0) is 15.8. The summed E-state index contributed by atoms with van der Waals surface area (Å²) in [5.74, 6) is 1.23. The van der Waals surface area contributed by atoms with Gasteiger partial charge in [-0.15, -0.1) is 0 Å². The predicted molar refractivity (Wildman–Crippen MR) is 80.8 cm³/mol. The SMILES string of the molecule is O=C1CC(c2ccc3c(c2)OCCCO3)Oc2ccc(F)cc21. The van der Waals surface area contributed by atoms with Crippen LogP contribution in [-0.2, 0) is 0 Å². The maximum absolute atomic E-state index is 13.3. The lowest BCUT2D eigenvalue weighted by Gasteiger charge is -2.26. The third-order valence-electron chi connectivity index (χ3n) is 4.03. The highest BCUT2D eigenvalue weighted by molar-refractivity contribution is 6.00. The standard InChI is InChI=1S/C18H15FO4/c19-12-3-5-15-13(9-12)14(20)10-17(23-15)11-2-4-16-18(8-11)22-7-1-6-21-16/h2-5,8-9,17H,1,6-7,10H2. The van der Waals surface area contributed by atoms with Crippen molar-refractivity contribution in [3.05, 3.63) is 53.3 Å². The molecule has 2 aliphatic heterocycles. The number of fused-ring (bicyclic) bond motifs is 2. The highest BCUT2D eigenvalue weighted by Gasteiger charge is 2.28. The lowest BCUT2D eigenvalue weighted by Crippen LogP contribution is -2.20. The molecule has 2 aliphatic rings. The molecule has 1 unspecified atom stereocenters. The molecule has 0 bridgehead atoms. The Morgan fingerprint density at radius 3 is 2.61 bits per heavy atom. The van der Waals surface area contributed by atoms with Gasteiger partial charge in [-0.2, -0.15) is 0 Å². The topological polar surface area (TPSA) is 44.8 Å². The van der Waals surface area contributed by atoms with Crippen LogP contribution in [0.3, 0.4) is 0 Å². The number of ketones is 1. The van der Waals surface area contributed by atoms with E-state index in [0.29, 0.717) is 36.0 Å². The summed E-state index contributed by atoms with van der Waals surface area (Å²) in [4.78, 5) is 12.3. The second-order valence-electron chi connectivity index (χ2n) is 5.63. The Hall–Kier alpha value is -2.56. The van der Waals surface area contributed by atoms with Gasteiger partial charge in [-0.1, -0.05) is 6.07 Å². The van der Waals surface area contributed by atoms with E-state index in [1.165, 1.54) is 18.2 Å². The van der Waals surface area contributed by atoms with Gasteiger partial charge in [0, 0.05) is 6.42 Å². The van der Waals surface area contributed by atoms with Crippen molar-refractivity contribution >= 4 is 5.78 Å². The number of rotatable bonds is 1. The number of ether oxygens (including phenoxy) is 3. The molecule has 5 heteroatoms. The molecule has 4 nitrogen and oxygen atoms in total. The number of benzene rings is 2. The summed E-state index contributed by atoms with van der Waals surface area (Å²) in [5, 5.41) is 0. The summed E-state index contributed by atoms with van der Waals surface area (Å²) in [6.45, 7) is 1.23. The molecule has 0 aliphatic carbocycles. The van der Waals surface area contributed by atoms with Gasteiger partial charge < -0.3 is 14.2 Å². The third kappa shape index (κ3) is 2.63. The van der Waals surface area contributed by atoms with E-state index in [4.69, 9.17) is 14.2 Å². The fraction of sp³-hybridized carbons (Fsp3) is 0.278. The zero-order valence-electron chi connectivity index (χ0n) is 12.4. The van der Waals surface area contributed by atoms with Crippen LogP contribution in [0, 0.1) is 5.82 Å². The predicted octanol–water partition coefficient (Wildman–Crippen LogP) is 3.69. The molecule has 0 radical (unpaired) electrons. The molecule has 0 spiro atoms. The molecule has 0 saturated heterocycles. The van der Waals surface area contributed by atoms with Gasteiger partial charge in [0.15, 0.2) is 17.3 Å². The number of hydrogen-bond acceptors (Lipinski definition) is 4. The van der Waals surface area contributed by atoms with Crippen LogP contribution < -0.4 is 14.2 Å². The number of hydrogen-bond donors (Lipinski definition) is 0. The minimum Gasteiger partial charge on any atom is -0.490 e. The molecule has 0 aromatic heterocycles. The van der Waals surface area contributed by atoms with E-state index in [2.05, 4.69) is 0 Å². The summed E-state index contributed by atoms with van der Waals surface area (Å²) in [5.41, 5.74) is 1.15. The lowest BCUT2D eigenvalue weighted by molar-refractivity contribution is 0.0848. The minimum absolute atomic E-state index is 0.122. The van der Waals surface area contributed by atoms with Crippen molar-refractivity contribution in [2.75, 3.05) is 13.2 Å². The lowest BCUT2D eigenvalue weighted by atomic mass is 9.96. The van der Waals surface area contributed by atoms with Crippen molar-refractivity contribution in [2.24, 2.45) is 0 Å². The zero-order valence-corrected chi connectivity index (χ0v) is 12.4. The fourth-order valence-corrected chi connectivity index (χ4v) is 2.86. The molecule has 2 aromatic rings. The third-order valence-corrected chi connectivity index (χ3v) is 4.03. The second kappa shape index (κ2) is 5.57. The molecule has 0 N–H and O–H groups in total. The Morgan fingerprint density at radius 2 is 1.74 bits per heavy atom. The Kier molecular flexibility index (Phi) is 3.41. The number of Topliss-reactive ketones (excluding diaryl/α,β-unsaturated/α-hetero) is 1. The molecular weight excluding hydrogens is 299 g/mol. The Balaban J connectivity index is 1.65. The largest absolute Gasteiger partial charge is 0.490 e. The fourth-order valence-electron chi connectivity index (χ4n) is 2.86. The molecule has 23 heavy (non-hydrogen) atoms. The van der Waals surface area contributed by atoms with Crippen molar-refractivity contribution in [1.82, 2.24) is 0 Å². The Bertz CT molecular complexity index is 772. The quantitative estimate of drug-likeness (QED) is 0.805. The summed E-state index contributed by atoms with van der Waals surface area (Å²) in [6, 6.07) is 9.58. The van der Waals surface area contributed by atoms with E-state index in [9.17, 15) is 9.18 Å². The molecule has 118 valence electrons. The summed E-state index contributed by atoms with van der Waals surface area (Å²) < 4.78 is 30.4. The van der Waals surface area contributed by atoms with Crippen molar-refractivity contribution in [3.8, 4) is 17.2 Å². The van der Waals surface area contributed by atoms with Gasteiger partial charge in [-0.05, 0) is 35.9 Å². The van der Waals surface area contributed by atoms with Gasteiger partial charge in [0.25, 0.3) is 0 Å². The highest BCUT2D eigenvalue weighted by atomic mass is 19.1. The second-order valence-corrected chi connectivity index (χ2v) is 5.63. The van der Waals surface area contributed by atoms with Gasteiger partial charge in [-0.25, -0.2) is 4.39 Å². The summed E-state index contributed by atoms with van der Waals surface area (Å²) >= 11 is 0. The number of carbonyl (C=O) groups is 1. The van der Waals surface area contributed by atoms with Crippen LogP contribution in [-0.4, -0.2) is 19.0 Å². The number of carbonyl (C=O) groups excluding carboxylic acids is 1. The van der Waals surface area contributed by atoms with E-state index in [1.54, 1.807) is 0 Å². The van der Waals surface area contributed by atoms with Gasteiger partial charge in [0.2, 0.25) is 0 Å². The first-order chi connectivity index (χ1) is 11.2. The first kappa shape index (κ1) is 14.1. The van der Waals surface area contributed by atoms with Crippen LogP contribution in [0.2, 0.25) is 0 Å². The van der Waals surface area contributed by atoms with E-state index in [-0.39, 0.29) is 12.2 Å². The molecule has 2 heterocycles. The monoisotopic (exact) mass is 314 g/mol. The Labute approximate surface area is 132 Å². The first-order valence-electron chi connectivity index (χ1n) is 7.60. The summed E-state index contributed by atoms with van der Waals surface area (Å²) in [6.07, 6.45) is 0.606. The minimum atomic E-state index is -0.435. The highest BCUT2D eigenvalue weighted by Crippen LogP contribution is 2.38. The van der Waals surface area contributed by atoms with Gasteiger partial charge >= 0.3 is 0 Å². The van der Waals surface area contributed by atoms with E-state index in [0.717, 1.165) is 12.0 Å². The van der Waals surface area contributed by atoms with Crippen molar-refractivity contribution < 1.29 is 23.4 Å². The van der Waals surface area contributed by atoms with Crippen LogP contribution >= 0.6 is 0 Å². The maximum atomic E-state index is 13.3. The van der Waals surface area contributed by atoms with Crippen LogP contribution in [0.15, 0.2) is 36.4 Å². The van der Waals surface area contributed by atoms with Crippen molar-refractivity contribution in [1.29, 1.82) is 0 Å². The summed E-state index contributed by atoms with van der Waals surface area (Å²) in [7, 11) is 0. The normalized spacial score (nSPS) is 19.5. The van der Waals surface area contributed by atoms with Crippen molar-refractivity contribution in [2.45, 2.75) is 18.9 Å². The molecule has 1 atom stereocenters. The van der Waals surface area contributed by atoms with Gasteiger partial charge in [0.05, 0.1) is 25.2 Å². The van der Waals surface area contributed by atoms with E-state index in [1.807, 2.05) is 18.2 Å². The molecular formula is C18H15FO4. The molecule has 2 aromatic carbocycles. The van der Waals surface area contributed by atoms with Crippen LogP contribution in [0.4, 0.5) is 4.39 Å². The average molecular weight is 314 g/mol. The molecule has 0 fully saturated rings. The smallest absolute Gasteiger partial charge is 0.170 e. The van der Waals surface area contributed by atoms with E-state index < -0.39 is 11.9 Å².